The lowest BCUT2D eigenvalue weighted by molar-refractivity contribution is -0.141. The molecule has 1 aliphatic rings. The number of ether oxygens (including phenoxy) is 1. The van der Waals surface area contributed by atoms with Crippen LogP contribution in [-0.4, -0.2) is 65.6 Å². The van der Waals surface area contributed by atoms with E-state index in [1.165, 1.54) is 13.2 Å². The normalized spacial score (nSPS) is 15.4. The number of hydrogen-bond donors (Lipinski definition) is 1. The maximum Gasteiger partial charge on any atom is 0.306 e. The fraction of sp³-hybridized carbons (Fsp3) is 0.333. The van der Waals surface area contributed by atoms with E-state index in [-0.39, 0.29) is 12.2 Å². The number of hydrogen-bond acceptors (Lipinski definition) is 8. The van der Waals surface area contributed by atoms with E-state index >= 15 is 0 Å². The minimum absolute atomic E-state index is 0.0192. The molecular weight excluding hydrogens is 426 g/mol. The van der Waals surface area contributed by atoms with Crippen molar-refractivity contribution in [2.45, 2.75) is 18.9 Å². The van der Waals surface area contributed by atoms with Gasteiger partial charge in [0.25, 0.3) is 0 Å². The molecule has 0 saturated carbocycles. The molecule has 0 radical (unpaired) electrons. The molecule has 4 rings (SSSR count). The Morgan fingerprint density at radius 1 is 1.24 bits per heavy atom. The summed E-state index contributed by atoms with van der Waals surface area (Å²) in [5.74, 6) is -1.38. The first-order valence-corrected chi connectivity index (χ1v) is 10.7. The molecule has 1 fully saturated rings. The van der Waals surface area contributed by atoms with Gasteiger partial charge in [0.15, 0.2) is 5.76 Å². The lowest BCUT2D eigenvalue weighted by Gasteiger charge is -2.32. The SMILES string of the molecule is COC(=O)CC(c1oc(CN2CCN(C=O)CC2)cc(=O)c1O)c1ccnc2ccccc12. The van der Waals surface area contributed by atoms with Gasteiger partial charge in [-0.05, 0) is 17.7 Å². The second-order valence-electron chi connectivity index (χ2n) is 7.96. The van der Waals surface area contributed by atoms with Gasteiger partial charge in [0.2, 0.25) is 17.6 Å². The molecule has 0 spiro atoms. The van der Waals surface area contributed by atoms with E-state index < -0.39 is 23.1 Å². The summed E-state index contributed by atoms with van der Waals surface area (Å²) in [6.45, 7) is 2.80. The van der Waals surface area contributed by atoms with Gasteiger partial charge in [-0.1, -0.05) is 18.2 Å². The topological polar surface area (TPSA) is 113 Å². The van der Waals surface area contributed by atoms with Crippen molar-refractivity contribution < 1.29 is 23.8 Å². The highest BCUT2D eigenvalue weighted by atomic mass is 16.5. The number of piperazine rings is 1. The maximum atomic E-state index is 12.6. The Bertz CT molecular complexity index is 1210. The summed E-state index contributed by atoms with van der Waals surface area (Å²) in [6.07, 6.45) is 2.32. The molecule has 33 heavy (non-hydrogen) atoms. The van der Waals surface area contributed by atoms with Gasteiger partial charge >= 0.3 is 5.97 Å². The molecule has 172 valence electrons. The van der Waals surface area contributed by atoms with Gasteiger partial charge in [0.1, 0.15) is 5.76 Å². The molecular formula is C24H25N3O6. The number of carbonyl (C=O) groups excluding carboxylic acids is 2. The third kappa shape index (κ3) is 4.88. The van der Waals surface area contributed by atoms with Gasteiger partial charge in [0, 0.05) is 43.8 Å². The van der Waals surface area contributed by atoms with Crippen molar-refractivity contribution >= 4 is 23.3 Å². The first kappa shape index (κ1) is 22.5. The second kappa shape index (κ2) is 9.83. The smallest absolute Gasteiger partial charge is 0.306 e. The number of aromatic hydroxyl groups is 1. The molecule has 2 aromatic heterocycles. The number of fused-ring (bicyclic) bond motifs is 1. The number of aromatic nitrogens is 1. The Morgan fingerprint density at radius 3 is 2.73 bits per heavy atom. The van der Waals surface area contributed by atoms with Gasteiger partial charge in [-0.25, -0.2) is 0 Å². The van der Waals surface area contributed by atoms with Crippen LogP contribution in [-0.2, 0) is 20.9 Å². The zero-order valence-corrected chi connectivity index (χ0v) is 18.3. The maximum absolute atomic E-state index is 12.6. The number of rotatable bonds is 7. The minimum Gasteiger partial charge on any atom is -0.502 e. The molecule has 1 N–H and O–H groups in total. The van der Waals surface area contributed by atoms with Crippen molar-refractivity contribution in [3.05, 3.63) is 69.9 Å². The summed E-state index contributed by atoms with van der Waals surface area (Å²) in [4.78, 5) is 44.0. The lowest BCUT2D eigenvalue weighted by Crippen LogP contribution is -2.45. The Hall–Kier alpha value is -3.72. The molecule has 9 heteroatoms. The van der Waals surface area contributed by atoms with Crippen molar-refractivity contribution in [1.29, 1.82) is 0 Å². The number of methoxy groups -OCH3 is 1. The van der Waals surface area contributed by atoms with Crippen molar-refractivity contribution in [1.82, 2.24) is 14.8 Å². The van der Waals surface area contributed by atoms with Gasteiger partial charge < -0.3 is 19.2 Å². The van der Waals surface area contributed by atoms with Crippen LogP contribution in [0.15, 0.2) is 51.8 Å². The van der Waals surface area contributed by atoms with Crippen LogP contribution in [0.25, 0.3) is 10.9 Å². The highest BCUT2D eigenvalue weighted by Gasteiger charge is 2.28. The number of para-hydroxylation sites is 1. The standard InChI is InChI=1S/C24H25N3O6/c1-32-22(30)13-19(17-6-7-25-20-5-3-2-4-18(17)20)24-23(31)21(29)12-16(33-24)14-26-8-10-27(15-28)11-9-26/h2-7,12,15,19,31H,8-11,13-14H2,1H3. The summed E-state index contributed by atoms with van der Waals surface area (Å²) < 4.78 is 10.9. The van der Waals surface area contributed by atoms with E-state index in [2.05, 4.69) is 9.88 Å². The molecule has 1 aliphatic heterocycles. The fourth-order valence-corrected chi connectivity index (χ4v) is 4.13. The molecule has 0 aliphatic carbocycles. The van der Waals surface area contributed by atoms with Crippen LogP contribution in [0.4, 0.5) is 0 Å². The fourth-order valence-electron chi connectivity index (χ4n) is 4.13. The number of carbonyl (C=O) groups is 2. The van der Waals surface area contributed by atoms with Crippen LogP contribution >= 0.6 is 0 Å². The predicted octanol–water partition coefficient (Wildman–Crippen LogP) is 1.86. The third-order valence-corrected chi connectivity index (χ3v) is 5.91. The number of amides is 1. The first-order valence-electron chi connectivity index (χ1n) is 10.7. The van der Waals surface area contributed by atoms with Crippen LogP contribution < -0.4 is 5.43 Å². The van der Waals surface area contributed by atoms with Gasteiger partial charge in [-0.3, -0.25) is 24.3 Å². The van der Waals surface area contributed by atoms with E-state index in [1.54, 1.807) is 17.2 Å². The van der Waals surface area contributed by atoms with Crippen LogP contribution in [0.1, 0.15) is 29.4 Å². The number of pyridine rings is 1. The molecule has 1 amide bonds. The second-order valence-corrected chi connectivity index (χ2v) is 7.96. The van der Waals surface area contributed by atoms with Gasteiger partial charge in [-0.2, -0.15) is 0 Å². The minimum atomic E-state index is -0.745. The molecule has 3 aromatic rings. The molecule has 1 aromatic carbocycles. The van der Waals surface area contributed by atoms with Crippen LogP contribution in [0, 0.1) is 0 Å². The number of esters is 1. The van der Waals surface area contributed by atoms with Crippen molar-refractivity contribution in [2.24, 2.45) is 0 Å². The average molecular weight is 451 g/mol. The zero-order valence-electron chi connectivity index (χ0n) is 18.3. The van der Waals surface area contributed by atoms with E-state index in [9.17, 15) is 19.5 Å². The van der Waals surface area contributed by atoms with E-state index in [0.717, 1.165) is 17.3 Å². The van der Waals surface area contributed by atoms with Crippen molar-refractivity contribution in [3.8, 4) is 5.75 Å². The van der Waals surface area contributed by atoms with E-state index in [0.29, 0.717) is 44.0 Å². The van der Waals surface area contributed by atoms with Crippen molar-refractivity contribution in [3.63, 3.8) is 0 Å². The van der Waals surface area contributed by atoms with E-state index in [1.807, 2.05) is 24.3 Å². The lowest BCUT2D eigenvalue weighted by atomic mass is 9.90. The highest BCUT2D eigenvalue weighted by Crippen LogP contribution is 2.36. The largest absolute Gasteiger partial charge is 0.502 e. The summed E-state index contributed by atoms with van der Waals surface area (Å²) in [6, 6.07) is 10.4. The average Bonchev–Trinajstić information content (AvgIpc) is 2.85. The molecule has 0 bridgehead atoms. The summed E-state index contributed by atoms with van der Waals surface area (Å²) in [7, 11) is 1.29. The molecule has 9 nitrogen and oxygen atoms in total. The molecule has 1 atom stereocenters. The Labute approximate surface area is 190 Å². The van der Waals surface area contributed by atoms with E-state index in [4.69, 9.17) is 9.15 Å². The number of benzene rings is 1. The van der Waals surface area contributed by atoms with Crippen LogP contribution in [0.3, 0.4) is 0 Å². The predicted molar refractivity (Wildman–Crippen MR) is 120 cm³/mol. The van der Waals surface area contributed by atoms with Crippen molar-refractivity contribution in [2.75, 3.05) is 33.3 Å². The van der Waals surface area contributed by atoms with Crippen LogP contribution in [0.5, 0.6) is 5.75 Å². The summed E-state index contributed by atoms with van der Waals surface area (Å²) >= 11 is 0. The zero-order chi connectivity index (χ0) is 23.4. The Kier molecular flexibility index (Phi) is 6.69. The van der Waals surface area contributed by atoms with Gasteiger partial charge in [0.05, 0.1) is 31.5 Å². The monoisotopic (exact) mass is 451 g/mol. The first-order chi connectivity index (χ1) is 16.0. The molecule has 3 heterocycles. The Morgan fingerprint density at radius 2 is 2.00 bits per heavy atom. The molecule has 1 unspecified atom stereocenters. The quantitative estimate of drug-likeness (QED) is 0.428. The summed E-state index contributed by atoms with van der Waals surface area (Å²) in [5.41, 5.74) is 0.836. The van der Waals surface area contributed by atoms with Gasteiger partial charge in [-0.15, -0.1) is 0 Å². The highest BCUT2D eigenvalue weighted by molar-refractivity contribution is 5.84. The number of nitrogens with zero attached hydrogens (tertiary/aromatic N) is 3. The Balaban J connectivity index is 1.74. The summed E-state index contributed by atoms with van der Waals surface area (Å²) in [5, 5.41) is 11.4. The third-order valence-electron chi connectivity index (χ3n) is 5.91. The van der Waals surface area contributed by atoms with Crippen LogP contribution in [0.2, 0.25) is 0 Å². The molecule has 1 saturated heterocycles.